The first kappa shape index (κ1) is 21.8. The van der Waals surface area contributed by atoms with E-state index in [4.69, 9.17) is 0 Å². The average molecular weight is 421 g/mol. The van der Waals surface area contributed by atoms with Crippen LogP contribution >= 0.6 is 11.8 Å². The van der Waals surface area contributed by atoms with Crippen molar-refractivity contribution >= 4 is 17.7 Å². The van der Waals surface area contributed by atoms with E-state index < -0.39 is 0 Å². The second-order valence-corrected chi connectivity index (χ2v) is 8.07. The van der Waals surface area contributed by atoms with E-state index in [1.165, 1.54) is 11.8 Å². The minimum Gasteiger partial charge on any atom is -0.342 e. The Morgan fingerprint density at radius 2 is 1.87 bits per heavy atom. The maximum Gasteiger partial charge on any atom is 0.240 e. The lowest BCUT2D eigenvalue weighted by atomic mass is 10.1. The van der Waals surface area contributed by atoms with Crippen LogP contribution in [0.25, 0.3) is 11.4 Å². The molecule has 0 aliphatic heterocycles. The molecule has 1 heterocycles. The molecule has 0 bridgehead atoms. The number of hydrogen-bond donors (Lipinski definition) is 0. The average Bonchev–Trinajstić information content (AvgIpc) is 3.16. The topological polar surface area (TPSA) is 51.0 Å². The molecule has 1 unspecified atom stereocenters. The molecule has 1 aromatic heterocycles. The van der Waals surface area contributed by atoms with Crippen molar-refractivity contribution < 1.29 is 4.79 Å². The Morgan fingerprint density at radius 1 is 1.13 bits per heavy atom. The molecule has 3 aromatic rings. The van der Waals surface area contributed by atoms with E-state index in [-0.39, 0.29) is 11.2 Å². The van der Waals surface area contributed by atoms with E-state index >= 15 is 0 Å². The van der Waals surface area contributed by atoms with Crippen LogP contribution in [0.15, 0.2) is 72.4 Å². The zero-order valence-electron chi connectivity index (χ0n) is 17.8. The van der Waals surface area contributed by atoms with Crippen LogP contribution in [0.3, 0.4) is 0 Å². The smallest absolute Gasteiger partial charge is 0.240 e. The summed E-state index contributed by atoms with van der Waals surface area (Å²) in [6.07, 6.45) is 1.83. The van der Waals surface area contributed by atoms with E-state index in [9.17, 15) is 4.79 Å². The molecule has 5 nitrogen and oxygen atoms in total. The van der Waals surface area contributed by atoms with Gasteiger partial charge in [-0.15, -0.1) is 16.8 Å². The van der Waals surface area contributed by atoms with Crippen LogP contribution in [0, 0.1) is 6.92 Å². The zero-order chi connectivity index (χ0) is 21.5. The molecule has 0 aliphatic carbocycles. The second-order valence-electron chi connectivity index (χ2n) is 6.99. The Labute approximate surface area is 182 Å². The Kier molecular flexibility index (Phi) is 7.46. The number of nitrogens with zero attached hydrogens (tertiary/aromatic N) is 4. The summed E-state index contributed by atoms with van der Waals surface area (Å²) < 4.78 is 2.03. The van der Waals surface area contributed by atoms with Crippen LogP contribution in [-0.2, 0) is 11.3 Å². The number of amides is 1. The number of allylic oxidation sites excluding steroid dienone is 1. The van der Waals surface area contributed by atoms with Crippen LogP contribution in [0.1, 0.15) is 30.2 Å². The minimum absolute atomic E-state index is 0.0847. The first-order valence-electron chi connectivity index (χ1n) is 10.2. The van der Waals surface area contributed by atoms with E-state index in [1.54, 1.807) is 0 Å². The number of likely N-dealkylation sites (N-methyl/N-ethyl adjacent to an activating group) is 1. The summed E-state index contributed by atoms with van der Waals surface area (Å²) in [6, 6.07) is 18.1. The number of benzene rings is 2. The third-order valence-electron chi connectivity index (χ3n) is 4.93. The molecule has 0 saturated heterocycles. The molecule has 2 aromatic carbocycles. The minimum atomic E-state index is -0.385. The van der Waals surface area contributed by atoms with Gasteiger partial charge >= 0.3 is 0 Å². The van der Waals surface area contributed by atoms with Crippen molar-refractivity contribution in [3.8, 4) is 11.4 Å². The fourth-order valence-electron chi connectivity index (χ4n) is 3.36. The third-order valence-corrected chi connectivity index (χ3v) is 6.15. The number of aryl methyl sites for hydroxylation is 1. The maximum absolute atomic E-state index is 13.3. The van der Waals surface area contributed by atoms with Gasteiger partial charge in [0.1, 0.15) is 5.25 Å². The number of hydrogen-bond acceptors (Lipinski definition) is 4. The van der Waals surface area contributed by atoms with Crippen molar-refractivity contribution in [3.63, 3.8) is 0 Å². The van der Waals surface area contributed by atoms with E-state index in [1.807, 2.05) is 71.9 Å². The molecule has 1 amide bonds. The van der Waals surface area contributed by atoms with Gasteiger partial charge in [-0.05, 0) is 32.4 Å². The molecule has 0 N–H and O–H groups in total. The number of thioether (sulfide) groups is 1. The third kappa shape index (κ3) is 4.82. The van der Waals surface area contributed by atoms with Crippen LogP contribution in [0.5, 0.6) is 0 Å². The highest BCUT2D eigenvalue weighted by Crippen LogP contribution is 2.37. The molecule has 30 heavy (non-hydrogen) atoms. The summed E-state index contributed by atoms with van der Waals surface area (Å²) in [4.78, 5) is 15.2. The predicted molar refractivity (Wildman–Crippen MR) is 123 cm³/mol. The summed E-state index contributed by atoms with van der Waals surface area (Å²) >= 11 is 1.45. The first-order valence-corrected chi connectivity index (χ1v) is 11.1. The van der Waals surface area contributed by atoms with Gasteiger partial charge < -0.3 is 4.90 Å². The van der Waals surface area contributed by atoms with Gasteiger partial charge in [0.2, 0.25) is 5.91 Å². The Bertz CT molecular complexity index is 995. The Hall–Kier alpha value is -2.86. The highest BCUT2D eigenvalue weighted by molar-refractivity contribution is 8.00. The SMILES string of the molecule is C=CCn1c(SC(C(=O)N(CC)CC)c2ccccc2)nnc1-c1cccc(C)c1. The standard InChI is InChI=1S/C24H28N4OS/c1-5-16-28-22(20-15-11-12-18(4)17-20)25-26-24(28)30-21(19-13-9-8-10-14-19)23(29)27(6-2)7-3/h5,8-15,17,21H,1,6-7,16H2,2-4H3. The van der Waals surface area contributed by atoms with Gasteiger partial charge in [-0.1, -0.05) is 71.9 Å². The Morgan fingerprint density at radius 3 is 2.50 bits per heavy atom. The lowest BCUT2D eigenvalue weighted by molar-refractivity contribution is -0.130. The number of carbonyl (C=O) groups excluding carboxylic acids is 1. The Balaban J connectivity index is 2.02. The molecule has 0 aliphatic rings. The van der Waals surface area contributed by atoms with Crippen LogP contribution < -0.4 is 0 Å². The highest BCUT2D eigenvalue weighted by atomic mass is 32.2. The molecule has 6 heteroatoms. The second kappa shape index (κ2) is 10.3. The number of rotatable bonds is 9. The maximum atomic E-state index is 13.3. The van der Waals surface area contributed by atoms with Gasteiger partial charge in [-0.25, -0.2) is 0 Å². The summed E-state index contributed by atoms with van der Waals surface area (Å²) in [5.74, 6) is 0.865. The van der Waals surface area contributed by atoms with Crippen molar-refractivity contribution in [1.82, 2.24) is 19.7 Å². The molecule has 0 radical (unpaired) electrons. The van der Waals surface area contributed by atoms with Crippen molar-refractivity contribution in [2.24, 2.45) is 0 Å². The fraction of sp³-hybridized carbons (Fsp3) is 0.292. The molecule has 0 fully saturated rings. The highest BCUT2D eigenvalue weighted by Gasteiger charge is 2.28. The number of carbonyl (C=O) groups is 1. The zero-order valence-corrected chi connectivity index (χ0v) is 18.6. The van der Waals surface area contributed by atoms with Crippen LogP contribution in [0.2, 0.25) is 0 Å². The largest absolute Gasteiger partial charge is 0.342 e. The van der Waals surface area contributed by atoms with Crippen LogP contribution in [0.4, 0.5) is 0 Å². The van der Waals surface area contributed by atoms with Gasteiger partial charge in [-0.3, -0.25) is 9.36 Å². The summed E-state index contributed by atoms with van der Waals surface area (Å²) in [5.41, 5.74) is 3.13. The fourth-order valence-corrected chi connectivity index (χ4v) is 4.49. The van der Waals surface area contributed by atoms with Crippen molar-refractivity contribution in [2.45, 2.75) is 37.7 Å². The summed E-state index contributed by atoms with van der Waals surface area (Å²) in [6.45, 7) is 11.9. The van der Waals surface area contributed by atoms with Gasteiger partial charge in [0.25, 0.3) is 0 Å². The van der Waals surface area contributed by atoms with E-state index in [0.29, 0.717) is 24.8 Å². The monoisotopic (exact) mass is 420 g/mol. The van der Waals surface area contributed by atoms with Crippen molar-refractivity contribution in [3.05, 3.63) is 78.4 Å². The van der Waals surface area contributed by atoms with Gasteiger partial charge in [0, 0.05) is 25.2 Å². The molecule has 0 spiro atoms. The van der Waals surface area contributed by atoms with E-state index in [2.05, 4.69) is 35.8 Å². The quantitative estimate of drug-likeness (QED) is 0.355. The molecule has 156 valence electrons. The van der Waals surface area contributed by atoms with Crippen LogP contribution in [-0.4, -0.2) is 38.7 Å². The van der Waals surface area contributed by atoms with Gasteiger partial charge in [-0.2, -0.15) is 0 Å². The lowest BCUT2D eigenvalue weighted by Crippen LogP contribution is -2.34. The molecular formula is C24H28N4OS. The van der Waals surface area contributed by atoms with Crippen molar-refractivity contribution in [1.29, 1.82) is 0 Å². The van der Waals surface area contributed by atoms with Gasteiger partial charge in [0.15, 0.2) is 11.0 Å². The van der Waals surface area contributed by atoms with Gasteiger partial charge in [0.05, 0.1) is 0 Å². The lowest BCUT2D eigenvalue weighted by Gasteiger charge is -2.25. The molecule has 3 rings (SSSR count). The first-order chi connectivity index (χ1) is 14.6. The summed E-state index contributed by atoms with van der Waals surface area (Å²) in [5, 5.41) is 9.24. The van der Waals surface area contributed by atoms with E-state index in [0.717, 1.165) is 22.5 Å². The van der Waals surface area contributed by atoms with Crippen molar-refractivity contribution in [2.75, 3.05) is 13.1 Å². The summed E-state index contributed by atoms with van der Waals surface area (Å²) in [7, 11) is 0. The molecule has 1 atom stereocenters. The molecular weight excluding hydrogens is 392 g/mol. The number of aromatic nitrogens is 3. The predicted octanol–water partition coefficient (Wildman–Crippen LogP) is 5.14. The molecule has 0 saturated carbocycles. The normalized spacial score (nSPS) is 11.8.